The Morgan fingerprint density at radius 2 is 1.00 bits per heavy atom. The zero-order valence-electron chi connectivity index (χ0n) is 19.6. The van der Waals surface area contributed by atoms with Crippen LogP contribution < -0.4 is 15.9 Å². The Morgan fingerprint density at radius 1 is 0.618 bits per heavy atom. The Hall–Kier alpha value is -3.19. The zero-order chi connectivity index (χ0) is 23.8. The number of benzene rings is 4. The maximum atomic E-state index is 5.13. The minimum Gasteiger partial charge on any atom is -0.334 e. The van der Waals surface area contributed by atoms with E-state index in [1.54, 1.807) is 0 Å². The summed E-state index contributed by atoms with van der Waals surface area (Å²) in [5.74, 6) is 1.11. The van der Waals surface area contributed by atoms with Crippen LogP contribution in [-0.4, -0.2) is 15.9 Å². The Balaban J connectivity index is 0.00000133. The van der Waals surface area contributed by atoms with E-state index in [0.29, 0.717) is 0 Å². The van der Waals surface area contributed by atoms with Crippen LogP contribution in [-0.2, 0) is 13.2 Å². The van der Waals surface area contributed by atoms with E-state index in [4.69, 9.17) is 4.98 Å². The minimum atomic E-state index is -1.96. The molecule has 5 rings (SSSR count). The van der Waals surface area contributed by atoms with E-state index >= 15 is 0 Å². The van der Waals surface area contributed by atoms with Crippen LogP contribution in [0.25, 0.3) is 11.3 Å². The Kier molecular flexibility index (Phi) is 7.95. The molecule has 0 amide bonds. The standard InChI is InChI=1S/C29H26N2P.CH3Cl/c1-31-22-28(24-14-6-2-7-15-24)30-29(31)23-32(25-16-8-3-9-17-25,26-18-10-4-11-19-26)27-20-12-5-13-21-27;1-2/h2-22H,23H2,1H3;1H3/q+1;. The summed E-state index contributed by atoms with van der Waals surface area (Å²) in [5, 5.41) is 4.13. The van der Waals surface area contributed by atoms with Crippen LogP contribution >= 0.6 is 18.9 Å². The fourth-order valence-electron chi connectivity index (χ4n) is 4.38. The second-order valence-corrected chi connectivity index (χ2v) is 11.5. The number of imidazole rings is 1. The number of nitrogens with zero attached hydrogens (tertiary/aromatic N) is 2. The van der Waals surface area contributed by atoms with Crippen molar-refractivity contribution in [2.75, 3.05) is 6.38 Å². The van der Waals surface area contributed by atoms with Crippen molar-refractivity contribution in [1.29, 1.82) is 0 Å². The Labute approximate surface area is 208 Å². The first-order valence-electron chi connectivity index (χ1n) is 11.3. The molecule has 170 valence electrons. The molecule has 0 aliphatic carbocycles. The van der Waals surface area contributed by atoms with Gasteiger partial charge in [0.2, 0.25) is 0 Å². The molecular weight excluding hydrogens is 455 g/mol. The molecule has 0 N–H and O–H groups in total. The second kappa shape index (κ2) is 11.3. The fourth-order valence-corrected chi connectivity index (χ4v) is 8.58. The summed E-state index contributed by atoms with van der Waals surface area (Å²) in [6.07, 6.45) is 4.49. The van der Waals surface area contributed by atoms with Gasteiger partial charge in [-0.15, -0.1) is 11.6 Å². The molecule has 0 saturated carbocycles. The molecular formula is C30H29ClN2P+. The zero-order valence-corrected chi connectivity index (χ0v) is 21.2. The quantitative estimate of drug-likeness (QED) is 0.201. The van der Waals surface area contributed by atoms with Crippen molar-refractivity contribution in [2.24, 2.45) is 7.05 Å². The van der Waals surface area contributed by atoms with Crippen LogP contribution in [0.2, 0.25) is 0 Å². The smallest absolute Gasteiger partial charge is 0.148 e. The lowest BCUT2D eigenvalue weighted by Crippen LogP contribution is -2.33. The fraction of sp³-hybridized carbons (Fsp3) is 0.100. The van der Waals surface area contributed by atoms with Crippen molar-refractivity contribution in [3.05, 3.63) is 133 Å². The molecule has 0 fully saturated rings. The van der Waals surface area contributed by atoms with Gasteiger partial charge in [-0.2, -0.15) is 0 Å². The molecule has 5 aromatic rings. The van der Waals surface area contributed by atoms with Crippen LogP contribution in [0.3, 0.4) is 0 Å². The molecule has 0 aliphatic heterocycles. The molecule has 0 atom stereocenters. The number of aromatic nitrogens is 2. The highest BCUT2D eigenvalue weighted by molar-refractivity contribution is 7.95. The molecule has 34 heavy (non-hydrogen) atoms. The van der Waals surface area contributed by atoms with Crippen LogP contribution in [0.1, 0.15) is 5.82 Å². The lowest BCUT2D eigenvalue weighted by atomic mass is 10.2. The third-order valence-corrected chi connectivity index (χ3v) is 10.3. The van der Waals surface area contributed by atoms with Crippen molar-refractivity contribution in [2.45, 2.75) is 6.16 Å². The van der Waals surface area contributed by atoms with Gasteiger partial charge in [0.15, 0.2) is 0 Å². The first-order valence-corrected chi connectivity index (χ1v) is 14.0. The molecule has 0 unspecified atom stereocenters. The van der Waals surface area contributed by atoms with Crippen molar-refractivity contribution in [3.63, 3.8) is 0 Å². The molecule has 0 aliphatic rings. The minimum absolute atomic E-state index is 0.869. The SMILES string of the molecule is CCl.Cn1cc(-c2ccccc2)nc1C[P+](c1ccccc1)(c1ccccc1)c1ccccc1. The second-order valence-electron chi connectivity index (χ2n) is 7.99. The van der Waals surface area contributed by atoms with Crippen LogP contribution in [0.4, 0.5) is 0 Å². The van der Waals surface area contributed by atoms with Gasteiger partial charge in [0.25, 0.3) is 0 Å². The largest absolute Gasteiger partial charge is 0.334 e. The van der Waals surface area contributed by atoms with Gasteiger partial charge >= 0.3 is 0 Å². The van der Waals surface area contributed by atoms with Crippen molar-refractivity contribution >= 4 is 34.8 Å². The highest BCUT2D eigenvalue weighted by atomic mass is 35.5. The van der Waals surface area contributed by atoms with Crippen LogP contribution in [0.5, 0.6) is 0 Å². The molecule has 0 saturated heterocycles. The summed E-state index contributed by atoms with van der Waals surface area (Å²) in [5.41, 5.74) is 2.17. The number of halogens is 1. The Morgan fingerprint density at radius 3 is 1.41 bits per heavy atom. The molecule has 4 aromatic carbocycles. The number of hydrogen-bond donors (Lipinski definition) is 0. The van der Waals surface area contributed by atoms with Gasteiger partial charge in [-0.1, -0.05) is 84.9 Å². The molecule has 0 spiro atoms. The summed E-state index contributed by atoms with van der Waals surface area (Å²) >= 11 is 4.64. The normalized spacial score (nSPS) is 10.9. The van der Waals surface area contributed by atoms with Crippen LogP contribution in [0.15, 0.2) is 128 Å². The topological polar surface area (TPSA) is 17.8 Å². The van der Waals surface area contributed by atoms with E-state index in [9.17, 15) is 0 Å². The number of rotatable bonds is 6. The maximum absolute atomic E-state index is 5.13. The van der Waals surface area contributed by atoms with Gasteiger partial charge in [-0.05, 0) is 36.4 Å². The number of aryl methyl sites for hydroxylation is 1. The predicted octanol–water partition coefficient (Wildman–Crippen LogP) is 6.44. The third kappa shape index (κ3) is 4.85. The number of hydrogen-bond acceptors (Lipinski definition) is 1. The summed E-state index contributed by atoms with van der Waals surface area (Å²) in [6.45, 7) is 0. The average molecular weight is 484 g/mol. The molecule has 0 bridgehead atoms. The van der Waals surface area contributed by atoms with Crippen molar-refractivity contribution in [3.8, 4) is 11.3 Å². The van der Waals surface area contributed by atoms with Gasteiger partial charge < -0.3 is 4.57 Å². The predicted molar refractivity (Wildman–Crippen MR) is 149 cm³/mol. The third-order valence-electron chi connectivity index (χ3n) is 6.01. The summed E-state index contributed by atoms with van der Waals surface area (Å²) in [7, 11) is 0.152. The first kappa shape index (κ1) is 24.0. The highest BCUT2D eigenvalue weighted by Crippen LogP contribution is 2.58. The number of alkyl halides is 1. The van der Waals surface area contributed by atoms with Crippen molar-refractivity contribution < 1.29 is 0 Å². The average Bonchev–Trinajstić information content (AvgIpc) is 3.30. The van der Waals surface area contributed by atoms with Gasteiger partial charge in [0.1, 0.15) is 35.2 Å². The highest BCUT2D eigenvalue weighted by Gasteiger charge is 2.46. The molecule has 2 nitrogen and oxygen atoms in total. The Bertz CT molecular complexity index is 1190. The summed E-state index contributed by atoms with van der Waals surface area (Å²) in [4.78, 5) is 5.13. The molecule has 1 aromatic heterocycles. The first-order chi connectivity index (χ1) is 16.8. The van der Waals surface area contributed by atoms with Crippen LogP contribution in [0, 0.1) is 0 Å². The van der Waals surface area contributed by atoms with Gasteiger partial charge in [-0.3, -0.25) is 0 Å². The van der Waals surface area contributed by atoms with Gasteiger partial charge in [0.05, 0.1) is 5.69 Å². The lowest BCUT2D eigenvalue weighted by molar-refractivity contribution is 0.847. The summed E-state index contributed by atoms with van der Waals surface area (Å²) < 4.78 is 2.20. The molecule has 1 heterocycles. The van der Waals surface area contributed by atoms with E-state index in [1.165, 1.54) is 22.3 Å². The molecule has 4 heteroatoms. The van der Waals surface area contributed by atoms with E-state index in [2.05, 4.69) is 145 Å². The van der Waals surface area contributed by atoms with E-state index in [1.807, 2.05) is 6.07 Å². The monoisotopic (exact) mass is 483 g/mol. The van der Waals surface area contributed by atoms with E-state index in [0.717, 1.165) is 23.2 Å². The maximum Gasteiger partial charge on any atom is 0.148 e. The van der Waals surface area contributed by atoms with Gasteiger partial charge in [-0.25, -0.2) is 4.98 Å². The summed E-state index contributed by atoms with van der Waals surface area (Å²) in [6, 6.07) is 43.4. The lowest BCUT2D eigenvalue weighted by Gasteiger charge is -2.27. The van der Waals surface area contributed by atoms with Crippen molar-refractivity contribution in [1.82, 2.24) is 9.55 Å². The van der Waals surface area contributed by atoms with Gasteiger partial charge in [0, 0.05) is 25.2 Å². The van der Waals surface area contributed by atoms with E-state index in [-0.39, 0.29) is 0 Å². The van der Waals surface area contributed by atoms with E-state index < -0.39 is 7.26 Å². The molecule has 0 radical (unpaired) electrons.